The zero-order valence-corrected chi connectivity index (χ0v) is 42.1. The molecule has 0 aromatic heterocycles. The summed E-state index contributed by atoms with van der Waals surface area (Å²) in [5.41, 5.74) is 0. The Bertz CT molecular complexity index is 1460. The number of esters is 3. The van der Waals surface area contributed by atoms with Crippen molar-refractivity contribution in [1.29, 1.82) is 0 Å². The molecule has 0 spiro atoms. The van der Waals surface area contributed by atoms with Crippen LogP contribution in [0.4, 0.5) is 0 Å². The topological polar surface area (TPSA) is 78.9 Å². The summed E-state index contributed by atoms with van der Waals surface area (Å²) >= 11 is 0. The average molecular weight is 911 g/mol. The molecule has 66 heavy (non-hydrogen) atoms. The van der Waals surface area contributed by atoms with Crippen molar-refractivity contribution < 1.29 is 28.6 Å². The highest BCUT2D eigenvalue weighted by Crippen LogP contribution is 2.13. The molecule has 0 heterocycles. The second-order valence-corrected chi connectivity index (χ2v) is 16.9. The van der Waals surface area contributed by atoms with Crippen molar-refractivity contribution >= 4 is 17.9 Å². The van der Waals surface area contributed by atoms with Gasteiger partial charge in [0.1, 0.15) is 13.2 Å². The van der Waals surface area contributed by atoms with Crippen LogP contribution in [0.1, 0.15) is 207 Å². The summed E-state index contributed by atoms with van der Waals surface area (Å²) in [4.78, 5) is 38.0. The van der Waals surface area contributed by atoms with Gasteiger partial charge in [0.15, 0.2) is 6.10 Å². The highest BCUT2D eigenvalue weighted by atomic mass is 16.6. The van der Waals surface area contributed by atoms with E-state index in [9.17, 15) is 14.4 Å². The van der Waals surface area contributed by atoms with Gasteiger partial charge in [0, 0.05) is 19.3 Å². The Labute approximate surface area is 405 Å². The van der Waals surface area contributed by atoms with E-state index in [1.807, 2.05) is 54.7 Å². The molecule has 6 nitrogen and oxygen atoms in total. The molecule has 1 unspecified atom stereocenters. The van der Waals surface area contributed by atoms with E-state index >= 15 is 0 Å². The molecule has 6 heteroatoms. The Hall–Kier alpha value is -4.45. The SMILES string of the molecule is CC\C=C/C=C\C=C/C=C\C=C/CCCC(=O)OCC(COC(=O)CCCCCCC\C=C/C=C\C=C/C=C\CCCCC)OC(=O)CCCCCCCCC/C=C\C/C=C\CCCCC. The Morgan fingerprint density at radius 1 is 0.333 bits per heavy atom. The van der Waals surface area contributed by atoms with Crippen molar-refractivity contribution in [3.8, 4) is 0 Å². The first kappa shape index (κ1) is 61.5. The van der Waals surface area contributed by atoms with Crippen molar-refractivity contribution in [3.05, 3.63) is 134 Å². The first-order valence-electron chi connectivity index (χ1n) is 26.3. The summed E-state index contributed by atoms with van der Waals surface area (Å²) in [5.74, 6) is -1.04. The van der Waals surface area contributed by atoms with Crippen LogP contribution in [-0.2, 0) is 28.6 Å². The summed E-state index contributed by atoms with van der Waals surface area (Å²) in [5, 5.41) is 0. The fourth-order valence-corrected chi connectivity index (χ4v) is 6.63. The fraction of sp³-hybridized carbons (Fsp3) is 0.583. The molecule has 0 radical (unpaired) electrons. The Morgan fingerprint density at radius 2 is 0.667 bits per heavy atom. The van der Waals surface area contributed by atoms with Crippen molar-refractivity contribution in [2.24, 2.45) is 0 Å². The van der Waals surface area contributed by atoms with Crippen LogP contribution in [0.3, 0.4) is 0 Å². The van der Waals surface area contributed by atoms with Gasteiger partial charge in [-0.1, -0.05) is 231 Å². The molecule has 0 saturated heterocycles. The lowest BCUT2D eigenvalue weighted by Gasteiger charge is -2.18. The average Bonchev–Trinajstić information content (AvgIpc) is 3.31. The molecule has 0 aliphatic heterocycles. The number of carbonyl (C=O) groups is 3. The van der Waals surface area contributed by atoms with Crippen LogP contribution in [-0.4, -0.2) is 37.2 Å². The summed E-state index contributed by atoms with van der Waals surface area (Å²) < 4.78 is 16.7. The maximum atomic E-state index is 12.8. The van der Waals surface area contributed by atoms with E-state index in [0.29, 0.717) is 19.3 Å². The lowest BCUT2D eigenvalue weighted by molar-refractivity contribution is -0.167. The molecule has 0 amide bonds. The lowest BCUT2D eigenvalue weighted by Crippen LogP contribution is -2.30. The van der Waals surface area contributed by atoms with E-state index in [4.69, 9.17) is 14.2 Å². The van der Waals surface area contributed by atoms with Gasteiger partial charge in [-0.3, -0.25) is 14.4 Å². The molecule has 0 rings (SSSR count). The van der Waals surface area contributed by atoms with E-state index in [-0.39, 0.29) is 37.5 Å². The highest BCUT2D eigenvalue weighted by molar-refractivity contribution is 5.71. The number of hydrogen-bond acceptors (Lipinski definition) is 6. The van der Waals surface area contributed by atoms with E-state index in [1.165, 1.54) is 64.2 Å². The molecule has 0 aliphatic rings. The van der Waals surface area contributed by atoms with E-state index in [2.05, 4.69) is 99.8 Å². The first-order chi connectivity index (χ1) is 32.5. The predicted molar refractivity (Wildman–Crippen MR) is 283 cm³/mol. The summed E-state index contributed by atoms with van der Waals surface area (Å²) in [7, 11) is 0. The second-order valence-electron chi connectivity index (χ2n) is 16.9. The Morgan fingerprint density at radius 3 is 1.11 bits per heavy atom. The van der Waals surface area contributed by atoms with Crippen molar-refractivity contribution in [2.75, 3.05) is 13.2 Å². The Kier molecular flexibility index (Phi) is 49.6. The van der Waals surface area contributed by atoms with Gasteiger partial charge in [-0.2, -0.15) is 0 Å². The minimum atomic E-state index is -0.826. The maximum absolute atomic E-state index is 12.8. The van der Waals surface area contributed by atoms with Gasteiger partial charge in [0.2, 0.25) is 0 Å². The van der Waals surface area contributed by atoms with Crippen LogP contribution < -0.4 is 0 Å². The van der Waals surface area contributed by atoms with E-state index < -0.39 is 6.10 Å². The summed E-state index contributed by atoms with van der Waals surface area (Å²) in [6.07, 6.45) is 74.3. The van der Waals surface area contributed by atoms with Crippen LogP contribution in [0.15, 0.2) is 134 Å². The molecule has 0 N–H and O–H groups in total. The minimum absolute atomic E-state index is 0.121. The van der Waals surface area contributed by atoms with Crippen LogP contribution in [0.25, 0.3) is 0 Å². The van der Waals surface area contributed by atoms with E-state index in [1.54, 1.807) is 0 Å². The lowest BCUT2D eigenvalue weighted by atomic mass is 10.1. The summed E-state index contributed by atoms with van der Waals surface area (Å²) in [6, 6.07) is 0. The third kappa shape index (κ3) is 50.5. The minimum Gasteiger partial charge on any atom is -0.462 e. The van der Waals surface area contributed by atoms with Gasteiger partial charge in [0.25, 0.3) is 0 Å². The molecular weight excluding hydrogens is 817 g/mol. The molecule has 0 fully saturated rings. The fourth-order valence-electron chi connectivity index (χ4n) is 6.63. The number of allylic oxidation sites excluding steroid dienone is 22. The van der Waals surface area contributed by atoms with Crippen LogP contribution in [0, 0.1) is 0 Å². The molecule has 0 aliphatic carbocycles. The van der Waals surface area contributed by atoms with Crippen LogP contribution >= 0.6 is 0 Å². The third-order valence-corrected chi connectivity index (χ3v) is 10.6. The normalized spacial score (nSPS) is 13.2. The number of rotatable bonds is 45. The van der Waals surface area contributed by atoms with Crippen molar-refractivity contribution in [3.63, 3.8) is 0 Å². The van der Waals surface area contributed by atoms with Crippen molar-refractivity contribution in [1.82, 2.24) is 0 Å². The van der Waals surface area contributed by atoms with Gasteiger partial charge in [-0.05, 0) is 89.9 Å². The summed E-state index contributed by atoms with van der Waals surface area (Å²) in [6.45, 7) is 6.32. The zero-order valence-electron chi connectivity index (χ0n) is 42.1. The quantitative estimate of drug-likeness (QED) is 0.0199. The molecular formula is C60H94O6. The van der Waals surface area contributed by atoms with E-state index in [0.717, 1.165) is 96.3 Å². The molecule has 0 bridgehead atoms. The number of carbonyl (C=O) groups excluding carboxylic acids is 3. The highest BCUT2D eigenvalue weighted by Gasteiger charge is 2.19. The van der Waals surface area contributed by atoms with Gasteiger partial charge in [0.05, 0.1) is 0 Å². The Balaban J connectivity index is 4.56. The van der Waals surface area contributed by atoms with Gasteiger partial charge in [-0.15, -0.1) is 0 Å². The molecule has 1 atom stereocenters. The number of hydrogen-bond donors (Lipinski definition) is 0. The third-order valence-electron chi connectivity index (χ3n) is 10.6. The predicted octanol–water partition coefficient (Wildman–Crippen LogP) is 17.5. The monoisotopic (exact) mass is 911 g/mol. The standard InChI is InChI=1S/C60H94O6/c1-4-7-10-13-16-19-22-25-27-29-31-32-35-38-41-44-47-50-53-59(62)65-56-57(55-64-58(61)52-49-46-43-40-37-34-24-21-18-15-12-9-6-3)66-60(63)54-51-48-45-42-39-36-33-30-28-26-23-20-17-14-11-8-5-2/h9,12,15-22,24-29,31-32,34,37,40,43,57H,4-8,10-11,13-14,23,30,33,35-36,38-39,41-42,44-56H2,1-3H3/b12-9-,18-15-,19-16-,20-17-,24-21-,25-22-,28-26-,29-27-,32-31-,37-34-,43-40-. The van der Waals surface area contributed by atoms with Gasteiger partial charge < -0.3 is 14.2 Å². The smallest absolute Gasteiger partial charge is 0.306 e. The maximum Gasteiger partial charge on any atom is 0.306 e. The molecule has 370 valence electrons. The molecule has 0 aromatic carbocycles. The number of unbranched alkanes of at least 4 members (excludes halogenated alkanes) is 19. The zero-order chi connectivity index (χ0) is 47.9. The van der Waals surface area contributed by atoms with Crippen molar-refractivity contribution in [2.45, 2.75) is 213 Å². The largest absolute Gasteiger partial charge is 0.462 e. The van der Waals surface area contributed by atoms with Gasteiger partial charge >= 0.3 is 17.9 Å². The second kappa shape index (κ2) is 53.2. The van der Waals surface area contributed by atoms with Crippen LogP contribution in [0.5, 0.6) is 0 Å². The molecule has 0 aromatic rings. The first-order valence-corrected chi connectivity index (χ1v) is 26.3. The van der Waals surface area contributed by atoms with Crippen LogP contribution in [0.2, 0.25) is 0 Å². The molecule has 0 saturated carbocycles. The number of ether oxygens (including phenoxy) is 3. The van der Waals surface area contributed by atoms with Gasteiger partial charge in [-0.25, -0.2) is 0 Å².